The third-order valence-corrected chi connectivity index (χ3v) is 2.95. The number of hydrogen-bond donors (Lipinski definition) is 2. The molecule has 2 amide bonds. The lowest BCUT2D eigenvalue weighted by Crippen LogP contribution is -2.41. The Bertz CT molecular complexity index is 518. The monoisotopic (exact) mass is 309 g/mol. The Morgan fingerprint density at radius 3 is 2.27 bits per heavy atom. The van der Waals surface area contributed by atoms with E-state index in [-0.39, 0.29) is 6.54 Å². The molecule has 22 heavy (non-hydrogen) atoms. The van der Waals surface area contributed by atoms with Crippen molar-refractivity contribution in [2.45, 2.75) is 6.54 Å². The standard InChI is InChI=1S/C15H23N3O4/c1-18(2)8-7-16-14(19)15(20)17-10-11-5-6-12(21-3)13(9-11)22-4/h5-6,9H,7-8,10H2,1-4H3,(H,16,19)(H,17,20). The maximum atomic E-state index is 11.7. The highest BCUT2D eigenvalue weighted by atomic mass is 16.5. The first-order valence-electron chi connectivity index (χ1n) is 6.89. The fourth-order valence-corrected chi connectivity index (χ4v) is 1.73. The first-order chi connectivity index (χ1) is 10.5. The third kappa shape index (κ3) is 5.61. The number of methoxy groups -OCH3 is 2. The number of nitrogens with zero attached hydrogens (tertiary/aromatic N) is 1. The molecule has 7 nitrogen and oxygen atoms in total. The van der Waals surface area contributed by atoms with Crippen LogP contribution in [0.3, 0.4) is 0 Å². The van der Waals surface area contributed by atoms with E-state index in [4.69, 9.17) is 9.47 Å². The topological polar surface area (TPSA) is 79.9 Å². The van der Waals surface area contributed by atoms with E-state index in [1.54, 1.807) is 32.4 Å². The van der Waals surface area contributed by atoms with Gasteiger partial charge >= 0.3 is 11.8 Å². The summed E-state index contributed by atoms with van der Waals surface area (Å²) in [4.78, 5) is 25.2. The molecule has 0 bridgehead atoms. The van der Waals surface area contributed by atoms with Gasteiger partial charge in [-0.2, -0.15) is 0 Å². The molecule has 0 fully saturated rings. The van der Waals surface area contributed by atoms with Crippen molar-refractivity contribution in [3.05, 3.63) is 23.8 Å². The maximum Gasteiger partial charge on any atom is 0.309 e. The summed E-state index contributed by atoms with van der Waals surface area (Å²) in [5, 5.41) is 5.12. The predicted octanol–water partition coefficient (Wildman–Crippen LogP) is -0.00220. The van der Waals surface area contributed by atoms with Gasteiger partial charge in [-0.05, 0) is 31.8 Å². The molecule has 0 saturated carbocycles. The third-order valence-electron chi connectivity index (χ3n) is 2.95. The zero-order valence-corrected chi connectivity index (χ0v) is 13.4. The van der Waals surface area contributed by atoms with Crippen molar-refractivity contribution in [1.29, 1.82) is 0 Å². The van der Waals surface area contributed by atoms with Crippen LogP contribution in [0.15, 0.2) is 18.2 Å². The van der Waals surface area contributed by atoms with E-state index in [9.17, 15) is 9.59 Å². The fourth-order valence-electron chi connectivity index (χ4n) is 1.73. The number of hydrogen-bond acceptors (Lipinski definition) is 5. The second kappa shape index (κ2) is 8.89. The van der Waals surface area contributed by atoms with Crippen LogP contribution in [0, 0.1) is 0 Å². The zero-order valence-electron chi connectivity index (χ0n) is 13.4. The molecule has 122 valence electrons. The van der Waals surface area contributed by atoms with Crippen LogP contribution in [0.5, 0.6) is 11.5 Å². The normalized spacial score (nSPS) is 10.2. The number of carbonyl (C=O) groups excluding carboxylic acids is 2. The number of benzene rings is 1. The average Bonchev–Trinajstić information content (AvgIpc) is 2.51. The van der Waals surface area contributed by atoms with Crippen molar-refractivity contribution in [2.24, 2.45) is 0 Å². The summed E-state index contributed by atoms with van der Waals surface area (Å²) >= 11 is 0. The smallest absolute Gasteiger partial charge is 0.309 e. The van der Waals surface area contributed by atoms with Crippen molar-refractivity contribution in [2.75, 3.05) is 41.4 Å². The number of carbonyl (C=O) groups is 2. The van der Waals surface area contributed by atoms with Crippen LogP contribution in [0.4, 0.5) is 0 Å². The molecule has 0 unspecified atom stereocenters. The molecule has 0 aliphatic rings. The van der Waals surface area contributed by atoms with Gasteiger partial charge in [0, 0.05) is 19.6 Å². The SMILES string of the molecule is COc1ccc(CNC(=O)C(=O)NCCN(C)C)cc1OC. The highest BCUT2D eigenvalue weighted by Gasteiger charge is 2.13. The van der Waals surface area contributed by atoms with Crippen LogP contribution in [0.2, 0.25) is 0 Å². The number of rotatable bonds is 7. The van der Waals surface area contributed by atoms with Gasteiger partial charge in [0.1, 0.15) is 0 Å². The van der Waals surface area contributed by atoms with Crippen LogP contribution in [0.1, 0.15) is 5.56 Å². The van der Waals surface area contributed by atoms with Crippen molar-refractivity contribution in [1.82, 2.24) is 15.5 Å². The van der Waals surface area contributed by atoms with Crippen LogP contribution in [-0.2, 0) is 16.1 Å². The minimum absolute atomic E-state index is 0.236. The van der Waals surface area contributed by atoms with E-state index in [1.165, 1.54) is 0 Å². The summed E-state index contributed by atoms with van der Waals surface area (Å²) in [6, 6.07) is 5.30. The minimum atomic E-state index is -0.659. The predicted molar refractivity (Wildman–Crippen MR) is 83.0 cm³/mol. The second-order valence-corrected chi connectivity index (χ2v) is 4.93. The van der Waals surface area contributed by atoms with Gasteiger partial charge in [-0.25, -0.2) is 0 Å². The number of likely N-dealkylation sites (N-methyl/N-ethyl adjacent to an activating group) is 1. The maximum absolute atomic E-state index is 11.7. The van der Waals surface area contributed by atoms with E-state index >= 15 is 0 Å². The summed E-state index contributed by atoms with van der Waals surface area (Å²) in [7, 11) is 6.88. The van der Waals surface area contributed by atoms with Gasteiger partial charge in [0.05, 0.1) is 14.2 Å². The molecule has 1 aromatic rings. The van der Waals surface area contributed by atoms with E-state index in [2.05, 4.69) is 10.6 Å². The molecule has 0 aromatic heterocycles. The number of ether oxygens (including phenoxy) is 2. The van der Waals surface area contributed by atoms with Crippen LogP contribution < -0.4 is 20.1 Å². The van der Waals surface area contributed by atoms with Gasteiger partial charge in [-0.3, -0.25) is 9.59 Å². The molecule has 0 aliphatic heterocycles. The summed E-state index contributed by atoms with van der Waals surface area (Å²) in [6.07, 6.45) is 0. The highest BCUT2D eigenvalue weighted by molar-refractivity contribution is 6.35. The Labute approximate surface area is 130 Å². The average molecular weight is 309 g/mol. The molecule has 0 spiro atoms. The lowest BCUT2D eigenvalue weighted by molar-refractivity contribution is -0.139. The quantitative estimate of drug-likeness (QED) is 0.693. The Kier molecular flexibility index (Phi) is 7.18. The van der Waals surface area contributed by atoms with E-state index < -0.39 is 11.8 Å². The Morgan fingerprint density at radius 1 is 1.05 bits per heavy atom. The summed E-state index contributed by atoms with van der Waals surface area (Å²) in [5.74, 6) is -0.112. The minimum Gasteiger partial charge on any atom is -0.493 e. The van der Waals surface area contributed by atoms with Gasteiger partial charge in [0.25, 0.3) is 0 Å². The molecule has 1 aromatic carbocycles. The van der Waals surface area contributed by atoms with E-state index in [1.807, 2.05) is 19.0 Å². The summed E-state index contributed by atoms with van der Waals surface area (Å²) in [5.41, 5.74) is 0.812. The lowest BCUT2D eigenvalue weighted by Gasteiger charge is -2.11. The molecule has 0 radical (unpaired) electrons. The van der Waals surface area contributed by atoms with E-state index in [0.29, 0.717) is 24.6 Å². The largest absolute Gasteiger partial charge is 0.493 e. The number of nitrogens with one attached hydrogen (secondary N) is 2. The Morgan fingerprint density at radius 2 is 1.68 bits per heavy atom. The zero-order chi connectivity index (χ0) is 16.5. The van der Waals surface area contributed by atoms with Gasteiger partial charge in [-0.1, -0.05) is 6.07 Å². The van der Waals surface area contributed by atoms with Gasteiger partial charge in [-0.15, -0.1) is 0 Å². The molecule has 1 rings (SSSR count). The van der Waals surface area contributed by atoms with Crippen LogP contribution >= 0.6 is 0 Å². The van der Waals surface area contributed by atoms with Crippen LogP contribution in [0.25, 0.3) is 0 Å². The first kappa shape index (κ1) is 17.8. The molecule has 0 atom stereocenters. The van der Waals surface area contributed by atoms with Gasteiger partial charge in [0.15, 0.2) is 11.5 Å². The molecule has 0 saturated heterocycles. The number of amides is 2. The fraction of sp³-hybridized carbons (Fsp3) is 0.467. The van der Waals surface area contributed by atoms with Gasteiger partial charge in [0.2, 0.25) is 0 Å². The first-order valence-corrected chi connectivity index (χ1v) is 6.89. The van der Waals surface area contributed by atoms with Crippen molar-refractivity contribution >= 4 is 11.8 Å². The lowest BCUT2D eigenvalue weighted by atomic mass is 10.2. The summed E-state index contributed by atoms with van der Waals surface area (Å²) < 4.78 is 10.3. The molecule has 0 aliphatic carbocycles. The molecule has 0 heterocycles. The summed E-state index contributed by atoms with van der Waals surface area (Å²) in [6.45, 7) is 1.34. The molecule has 7 heteroatoms. The second-order valence-electron chi connectivity index (χ2n) is 4.93. The Hall–Kier alpha value is -2.28. The molecular weight excluding hydrogens is 286 g/mol. The van der Waals surface area contributed by atoms with Crippen LogP contribution in [-0.4, -0.2) is 58.1 Å². The highest BCUT2D eigenvalue weighted by Crippen LogP contribution is 2.27. The van der Waals surface area contributed by atoms with E-state index in [0.717, 1.165) is 5.56 Å². The van der Waals surface area contributed by atoms with Gasteiger partial charge < -0.3 is 25.0 Å². The Balaban J connectivity index is 2.48. The van der Waals surface area contributed by atoms with Crippen molar-refractivity contribution in [3.8, 4) is 11.5 Å². The molecular formula is C15H23N3O4. The van der Waals surface area contributed by atoms with Crippen molar-refractivity contribution in [3.63, 3.8) is 0 Å². The van der Waals surface area contributed by atoms with Crippen molar-refractivity contribution < 1.29 is 19.1 Å². The molecule has 2 N–H and O–H groups in total.